The fourth-order valence-corrected chi connectivity index (χ4v) is 4.11. The number of hydrogen-bond acceptors (Lipinski definition) is 3. The molecule has 1 N–H and O–H groups in total. The molecule has 3 nitrogen and oxygen atoms in total. The van der Waals surface area contributed by atoms with Crippen LogP contribution in [0.3, 0.4) is 0 Å². The molecule has 0 aromatic carbocycles. The monoisotopic (exact) mass is 240 g/mol. The predicted molar refractivity (Wildman–Crippen MR) is 64.9 cm³/mol. The van der Waals surface area contributed by atoms with Crippen LogP contribution in [0, 0.1) is 5.92 Å². The molecule has 0 bridgehead atoms. The minimum atomic E-state index is -0.598. The van der Waals surface area contributed by atoms with Crippen molar-refractivity contribution in [2.75, 3.05) is 13.2 Å². The maximum Gasteiger partial charge on any atom is 0.0957 e. The lowest BCUT2D eigenvalue weighted by molar-refractivity contribution is -0.153. The van der Waals surface area contributed by atoms with Gasteiger partial charge in [-0.05, 0) is 38.5 Å². The van der Waals surface area contributed by atoms with Gasteiger partial charge in [0, 0.05) is 19.6 Å². The third-order valence-corrected chi connectivity index (χ3v) is 5.29. The molecule has 0 radical (unpaired) electrons. The van der Waals surface area contributed by atoms with Crippen LogP contribution in [0.25, 0.3) is 0 Å². The van der Waals surface area contributed by atoms with E-state index in [1.807, 2.05) is 6.92 Å². The zero-order valence-electron chi connectivity index (χ0n) is 10.8. The lowest BCUT2D eigenvalue weighted by atomic mass is 9.72. The highest BCUT2D eigenvalue weighted by Gasteiger charge is 2.51. The molecular weight excluding hydrogens is 216 g/mol. The topological polar surface area (TPSA) is 38.7 Å². The standard InChI is InChI=1S/C14H24O3/c1-11-14(15,7-9-16-11)12-4-8-17-13(10-12)5-2-3-6-13/h11-12,15H,2-10H2,1H3. The van der Waals surface area contributed by atoms with Gasteiger partial charge >= 0.3 is 0 Å². The van der Waals surface area contributed by atoms with Crippen LogP contribution in [0.15, 0.2) is 0 Å². The minimum Gasteiger partial charge on any atom is -0.387 e. The molecule has 17 heavy (non-hydrogen) atoms. The summed E-state index contributed by atoms with van der Waals surface area (Å²) in [6, 6.07) is 0. The van der Waals surface area contributed by atoms with Gasteiger partial charge in [0.2, 0.25) is 0 Å². The molecule has 3 rings (SSSR count). The van der Waals surface area contributed by atoms with Crippen molar-refractivity contribution in [2.24, 2.45) is 5.92 Å². The molecule has 98 valence electrons. The van der Waals surface area contributed by atoms with Crippen molar-refractivity contribution in [3.63, 3.8) is 0 Å². The molecule has 0 aromatic rings. The molecule has 3 aliphatic rings. The van der Waals surface area contributed by atoms with E-state index in [2.05, 4.69) is 0 Å². The van der Waals surface area contributed by atoms with Gasteiger partial charge < -0.3 is 14.6 Å². The summed E-state index contributed by atoms with van der Waals surface area (Å²) in [6.45, 7) is 3.55. The zero-order valence-corrected chi connectivity index (χ0v) is 10.8. The van der Waals surface area contributed by atoms with Crippen molar-refractivity contribution >= 4 is 0 Å². The highest BCUT2D eigenvalue weighted by atomic mass is 16.5. The van der Waals surface area contributed by atoms with Crippen molar-refractivity contribution in [2.45, 2.75) is 69.2 Å². The average molecular weight is 240 g/mol. The number of aliphatic hydroxyl groups is 1. The summed E-state index contributed by atoms with van der Waals surface area (Å²) < 4.78 is 11.6. The number of hydrogen-bond donors (Lipinski definition) is 1. The van der Waals surface area contributed by atoms with Gasteiger partial charge in [0.1, 0.15) is 0 Å². The Labute approximate surface area is 103 Å². The van der Waals surface area contributed by atoms with Crippen LogP contribution in [0.4, 0.5) is 0 Å². The Morgan fingerprint density at radius 1 is 1.12 bits per heavy atom. The Morgan fingerprint density at radius 3 is 2.53 bits per heavy atom. The van der Waals surface area contributed by atoms with E-state index < -0.39 is 5.60 Å². The first-order chi connectivity index (χ1) is 8.15. The van der Waals surface area contributed by atoms with Gasteiger partial charge in [-0.1, -0.05) is 12.8 Å². The summed E-state index contributed by atoms with van der Waals surface area (Å²) >= 11 is 0. The molecule has 0 aromatic heterocycles. The quantitative estimate of drug-likeness (QED) is 0.764. The summed E-state index contributed by atoms with van der Waals surface area (Å²) in [5, 5.41) is 10.8. The summed E-state index contributed by atoms with van der Waals surface area (Å²) in [6.07, 6.45) is 7.78. The van der Waals surface area contributed by atoms with Crippen molar-refractivity contribution in [3.8, 4) is 0 Å². The normalized spacial score (nSPS) is 45.5. The number of ether oxygens (including phenoxy) is 2. The van der Waals surface area contributed by atoms with Crippen molar-refractivity contribution in [3.05, 3.63) is 0 Å². The maximum atomic E-state index is 10.8. The van der Waals surface area contributed by atoms with Crippen molar-refractivity contribution < 1.29 is 14.6 Å². The largest absolute Gasteiger partial charge is 0.387 e. The van der Waals surface area contributed by atoms with E-state index >= 15 is 0 Å². The maximum absolute atomic E-state index is 10.8. The second kappa shape index (κ2) is 4.22. The Kier molecular flexibility index (Phi) is 2.96. The Balaban J connectivity index is 1.75. The second-order valence-electron chi connectivity index (χ2n) is 6.18. The average Bonchev–Trinajstić information content (AvgIpc) is 2.89. The Morgan fingerprint density at radius 2 is 1.88 bits per heavy atom. The van der Waals surface area contributed by atoms with E-state index in [-0.39, 0.29) is 11.7 Å². The predicted octanol–water partition coefficient (Wildman–Crippen LogP) is 2.27. The second-order valence-corrected chi connectivity index (χ2v) is 6.18. The van der Waals surface area contributed by atoms with E-state index in [0.717, 1.165) is 25.9 Å². The van der Waals surface area contributed by atoms with Gasteiger partial charge in [0.15, 0.2) is 0 Å². The van der Waals surface area contributed by atoms with Crippen molar-refractivity contribution in [1.82, 2.24) is 0 Å². The van der Waals surface area contributed by atoms with E-state index in [4.69, 9.17) is 9.47 Å². The lowest BCUT2D eigenvalue weighted by Gasteiger charge is -2.45. The third kappa shape index (κ3) is 1.92. The Bertz CT molecular complexity index is 285. The summed E-state index contributed by atoms with van der Waals surface area (Å²) in [7, 11) is 0. The summed E-state index contributed by atoms with van der Waals surface area (Å²) in [4.78, 5) is 0. The van der Waals surface area contributed by atoms with Crippen molar-refractivity contribution in [1.29, 1.82) is 0 Å². The van der Waals surface area contributed by atoms with Gasteiger partial charge in [0.05, 0.1) is 17.3 Å². The third-order valence-electron chi connectivity index (χ3n) is 5.29. The molecule has 3 unspecified atom stereocenters. The fraction of sp³-hybridized carbons (Fsp3) is 1.00. The van der Waals surface area contributed by atoms with E-state index in [9.17, 15) is 5.11 Å². The zero-order chi connectivity index (χ0) is 11.9. The molecule has 3 heteroatoms. The summed E-state index contributed by atoms with van der Waals surface area (Å²) in [5.74, 6) is 0.367. The summed E-state index contributed by atoms with van der Waals surface area (Å²) in [5.41, 5.74) is -0.500. The van der Waals surface area contributed by atoms with E-state index in [0.29, 0.717) is 12.5 Å². The van der Waals surface area contributed by atoms with Crippen LogP contribution in [0.2, 0.25) is 0 Å². The molecule has 3 atom stereocenters. The van der Waals surface area contributed by atoms with Gasteiger partial charge in [0.25, 0.3) is 0 Å². The highest BCUT2D eigenvalue weighted by molar-refractivity contribution is 5.01. The van der Waals surface area contributed by atoms with Gasteiger partial charge in [-0.2, -0.15) is 0 Å². The van der Waals surface area contributed by atoms with Crippen LogP contribution in [0.1, 0.15) is 51.9 Å². The Hall–Kier alpha value is -0.120. The first-order valence-electron chi connectivity index (χ1n) is 7.13. The first-order valence-corrected chi connectivity index (χ1v) is 7.13. The highest BCUT2D eigenvalue weighted by Crippen LogP contribution is 2.47. The van der Waals surface area contributed by atoms with Crippen LogP contribution in [0.5, 0.6) is 0 Å². The molecule has 1 spiro atoms. The van der Waals surface area contributed by atoms with E-state index in [1.54, 1.807) is 0 Å². The smallest absolute Gasteiger partial charge is 0.0957 e. The molecule has 0 amide bonds. The molecular formula is C14H24O3. The lowest BCUT2D eigenvalue weighted by Crippen LogP contribution is -2.50. The van der Waals surface area contributed by atoms with Crippen LogP contribution in [-0.2, 0) is 9.47 Å². The molecule has 2 aliphatic heterocycles. The molecule has 2 saturated heterocycles. The molecule has 1 aliphatic carbocycles. The van der Waals surface area contributed by atoms with Gasteiger partial charge in [-0.3, -0.25) is 0 Å². The number of rotatable bonds is 1. The van der Waals surface area contributed by atoms with Gasteiger partial charge in [-0.15, -0.1) is 0 Å². The van der Waals surface area contributed by atoms with Crippen LogP contribution < -0.4 is 0 Å². The molecule has 3 fully saturated rings. The fourth-order valence-electron chi connectivity index (χ4n) is 4.11. The SMILES string of the molecule is CC1OCCC1(O)C1CCOC2(CCCC2)C1. The first kappa shape index (κ1) is 11.9. The molecule has 1 saturated carbocycles. The van der Waals surface area contributed by atoms with Crippen LogP contribution >= 0.6 is 0 Å². The van der Waals surface area contributed by atoms with Crippen LogP contribution in [-0.4, -0.2) is 35.6 Å². The minimum absolute atomic E-state index is 0.0101. The molecule has 2 heterocycles. The van der Waals surface area contributed by atoms with Gasteiger partial charge in [-0.25, -0.2) is 0 Å². The van der Waals surface area contributed by atoms with E-state index in [1.165, 1.54) is 25.7 Å².